The minimum Gasteiger partial charge on any atom is -0.466 e. The Balaban J connectivity index is 2.46. The lowest BCUT2D eigenvalue weighted by atomic mass is 10.0. The first kappa shape index (κ1) is 30.5. The topological polar surface area (TPSA) is 88.1 Å². The van der Waals surface area contributed by atoms with Crippen molar-refractivity contribution in [1.82, 2.24) is 0 Å². The van der Waals surface area contributed by atoms with Crippen molar-refractivity contribution in [3.63, 3.8) is 0 Å². The SMILES string of the molecule is CC(=O)OCC[C@H](OCc1ccccc1)[C@H](OCc1ccccc1)[C@H](OS(=O)(=O)C(F)(F)F)C(F)(F)F. The first-order valence-electron chi connectivity index (χ1n) is 10.7. The zero-order valence-electron chi connectivity index (χ0n) is 19.4. The zero-order valence-corrected chi connectivity index (χ0v) is 20.2. The highest BCUT2D eigenvalue weighted by Gasteiger charge is 2.57. The summed E-state index contributed by atoms with van der Waals surface area (Å²) in [5.74, 6) is -0.771. The van der Waals surface area contributed by atoms with Gasteiger partial charge in [0.25, 0.3) is 0 Å². The number of hydrogen-bond acceptors (Lipinski definition) is 7. The number of hydrogen-bond donors (Lipinski definition) is 0. The molecule has 0 heterocycles. The fourth-order valence-electron chi connectivity index (χ4n) is 3.08. The van der Waals surface area contributed by atoms with Gasteiger partial charge in [-0.05, 0) is 11.1 Å². The summed E-state index contributed by atoms with van der Waals surface area (Å²) >= 11 is 0. The Labute approximate surface area is 209 Å². The van der Waals surface area contributed by atoms with Crippen LogP contribution in [0.2, 0.25) is 0 Å². The van der Waals surface area contributed by atoms with Crippen molar-refractivity contribution in [2.45, 2.75) is 56.6 Å². The van der Waals surface area contributed by atoms with E-state index in [-0.39, 0.29) is 6.61 Å². The molecule has 14 heteroatoms. The van der Waals surface area contributed by atoms with Gasteiger partial charge in [0.2, 0.25) is 6.10 Å². The third-order valence-electron chi connectivity index (χ3n) is 4.80. The van der Waals surface area contributed by atoms with Gasteiger partial charge in [0.15, 0.2) is 0 Å². The summed E-state index contributed by atoms with van der Waals surface area (Å²) in [7, 11) is -6.68. The molecule has 2 aromatic carbocycles. The van der Waals surface area contributed by atoms with E-state index in [1.54, 1.807) is 48.5 Å². The van der Waals surface area contributed by atoms with E-state index in [1.165, 1.54) is 12.1 Å². The highest BCUT2D eigenvalue weighted by molar-refractivity contribution is 7.87. The molecule has 206 valence electrons. The van der Waals surface area contributed by atoms with Crippen molar-refractivity contribution < 1.29 is 57.9 Å². The molecule has 0 fully saturated rings. The molecule has 2 rings (SSSR count). The van der Waals surface area contributed by atoms with E-state index in [0.29, 0.717) is 11.1 Å². The van der Waals surface area contributed by atoms with Gasteiger partial charge in [0.05, 0.1) is 25.9 Å². The lowest BCUT2D eigenvalue weighted by molar-refractivity contribution is -0.250. The average molecular weight is 558 g/mol. The zero-order chi connectivity index (χ0) is 27.7. The number of esters is 1. The summed E-state index contributed by atoms with van der Waals surface area (Å²) in [6.07, 6.45) is -13.8. The van der Waals surface area contributed by atoms with Gasteiger partial charge in [-0.3, -0.25) is 4.79 Å². The number of ether oxygens (including phenoxy) is 3. The van der Waals surface area contributed by atoms with Crippen molar-refractivity contribution in [2.75, 3.05) is 6.61 Å². The standard InChI is InChI=1S/C23H24F6O7S/c1-16(30)33-13-12-19(34-14-17-8-4-2-5-9-17)20(35-15-18-10-6-3-7-11-18)21(22(24,25)26)36-37(31,32)23(27,28)29/h2-11,19-21H,12-15H2,1H3/t19-,20-,21-/m0/s1. The highest BCUT2D eigenvalue weighted by atomic mass is 32.2. The van der Waals surface area contributed by atoms with Gasteiger partial charge in [-0.25, -0.2) is 4.18 Å². The molecule has 0 aromatic heterocycles. The molecule has 3 atom stereocenters. The fourth-order valence-corrected chi connectivity index (χ4v) is 3.68. The van der Waals surface area contributed by atoms with Crippen LogP contribution in [0.4, 0.5) is 26.3 Å². The van der Waals surface area contributed by atoms with Gasteiger partial charge < -0.3 is 14.2 Å². The lowest BCUT2D eigenvalue weighted by Gasteiger charge is -2.34. The Kier molecular flexibility index (Phi) is 10.9. The van der Waals surface area contributed by atoms with Gasteiger partial charge in [-0.15, -0.1) is 0 Å². The molecule has 7 nitrogen and oxygen atoms in total. The number of alkyl halides is 6. The summed E-state index contributed by atoms with van der Waals surface area (Å²) in [4.78, 5) is 11.2. The number of benzene rings is 2. The quantitative estimate of drug-likeness (QED) is 0.150. The molecular weight excluding hydrogens is 534 g/mol. The molecular formula is C23H24F6O7S. The van der Waals surface area contributed by atoms with Crippen LogP contribution in [0.5, 0.6) is 0 Å². The van der Waals surface area contributed by atoms with Crippen LogP contribution < -0.4 is 0 Å². The van der Waals surface area contributed by atoms with E-state index < -0.39 is 65.7 Å². The van der Waals surface area contributed by atoms with Crippen LogP contribution >= 0.6 is 0 Å². The Morgan fingerprint density at radius 3 is 1.76 bits per heavy atom. The van der Waals surface area contributed by atoms with E-state index >= 15 is 0 Å². The van der Waals surface area contributed by atoms with Crippen molar-refractivity contribution >= 4 is 16.1 Å². The summed E-state index contributed by atoms with van der Waals surface area (Å²) in [6, 6.07) is 15.7. The lowest BCUT2D eigenvalue weighted by Crippen LogP contribution is -2.52. The molecule has 0 aliphatic rings. The molecule has 0 spiro atoms. The molecule has 2 aromatic rings. The van der Waals surface area contributed by atoms with Crippen LogP contribution in [0, 0.1) is 0 Å². The number of carbonyl (C=O) groups excluding carboxylic acids is 1. The van der Waals surface area contributed by atoms with Crippen molar-refractivity contribution in [3.8, 4) is 0 Å². The molecule has 37 heavy (non-hydrogen) atoms. The van der Waals surface area contributed by atoms with Gasteiger partial charge in [0.1, 0.15) is 6.10 Å². The average Bonchev–Trinajstić information content (AvgIpc) is 2.81. The number of carbonyl (C=O) groups is 1. The number of rotatable bonds is 13. The van der Waals surface area contributed by atoms with Crippen molar-refractivity contribution in [3.05, 3.63) is 71.8 Å². The normalized spacial score (nSPS) is 15.1. The van der Waals surface area contributed by atoms with E-state index in [0.717, 1.165) is 6.92 Å². The maximum Gasteiger partial charge on any atom is 0.523 e. The Morgan fingerprint density at radius 1 is 0.838 bits per heavy atom. The van der Waals surface area contributed by atoms with Crippen LogP contribution in [0.3, 0.4) is 0 Å². The van der Waals surface area contributed by atoms with Gasteiger partial charge in [-0.1, -0.05) is 60.7 Å². The predicted molar refractivity (Wildman–Crippen MR) is 117 cm³/mol. The van der Waals surface area contributed by atoms with E-state index in [4.69, 9.17) is 14.2 Å². The molecule has 0 saturated carbocycles. The molecule has 0 amide bonds. The number of halogens is 6. The van der Waals surface area contributed by atoms with Crippen LogP contribution in [0.25, 0.3) is 0 Å². The highest BCUT2D eigenvalue weighted by Crippen LogP contribution is 2.36. The smallest absolute Gasteiger partial charge is 0.466 e. The Hall–Kier alpha value is -2.68. The molecule has 0 aliphatic heterocycles. The minimum absolute atomic E-state index is 0.312. The van der Waals surface area contributed by atoms with Crippen LogP contribution in [-0.4, -0.2) is 51.0 Å². The second-order valence-electron chi connectivity index (χ2n) is 7.68. The molecule has 0 N–H and O–H groups in total. The predicted octanol–water partition coefficient (Wildman–Crippen LogP) is 4.91. The summed E-state index contributed by atoms with van der Waals surface area (Å²) < 4.78 is 123. The second-order valence-corrected chi connectivity index (χ2v) is 9.25. The summed E-state index contributed by atoms with van der Waals surface area (Å²) in [5, 5.41) is 0. The second kappa shape index (κ2) is 13.2. The molecule has 0 radical (unpaired) electrons. The van der Waals surface area contributed by atoms with Gasteiger partial charge >= 0.3 is 27.8 Å². The van der Waals surface area contributed by atoms with Crippen LogP contribution in [0.1, 0.15) is 24.5 Å². The third kappa shape index (κ3) is 9.95. The van der Waals surface area contributed by atoms with E-state index in [1.807, 2.05) is 0 Å². The van der Waals surface area contributed by atoms with Gasteiger partial charge in [-0.2, -0.15) is 34.8 Å². The van der Waals surface area contributed by atoms with Crippen LogP contribution in [0.15, 0.2) is 60.7 Å². The minimum atomic E-state index is -6.68. The van der Waals surface area contributed by atoms with Crippen molar-refractivity contribution in [2.24, 2.45) is 0 Å². The monoisotopic (exact) mass is 558 g/mol. The van der Waals surface area contributed by atoms with E-state index in [2.05, 4.69) is 4.18 Å². The molecule has 0 unspecified atom stereocenters. The maximum atomic E-state index is 14.0. The molecule has 0 bridgehead atoms. The van der Waals surface area contributed by atoms with Crippen molar-refractivity contribution in [1.29, 1.82) is 0 Å². The molecule has 0 saturated heterocycles. The Bertz CT molecular complexity index is 1080. The van der Waals surface area contributed by atoms with Crippen LogP contribution in [-0.2, 0) is 46.5 Å². The first-order chi connectivity index (χ1) is 17.2. The molecule has 0 aliphatic carbocycles. The van der Waals surface area contributed by atoms with E-state index in [9.17, 15) is 39.6 Å². The summed E-state index contributed by atoms with van der Waals surface area (Å²) in [5.41, 5.74) is -5.29. The Morgan fingerprint density at radius 2 is 1.32 bits per heavy atom. The first-order valence-corrected chi connectivity index (χ1v) is 12.1. The van der Waals surface area contributed by atoms with Gasteiger partial charge in [0, 0.05) is 13.3 Å². The fraction of sp³-hybridized carbons (Fsp3) is 0.435. The maximum absolute atomic E-state index is 14.0. The largest absolute Gasteiger partial charge is 0.523 e. The third-order valence-corrected chi connectivity index (χ3v) is 5.83. The summed E-state index contributed by atoms with van der Waals surface area (Å²) in [6.45, 7) is -0.309.